The van der Waals surface area contributed by atoms with Crippen LogP contribution < -0.4 is 10.5 Å². The fraction of sp³-hybridized carbons (Fsp3) is 0.600. The van der Waals surface area contributed by atoms with Gasteiger partial charge in [-0.05, 0) is 56.5 Å². The maximum Gasteiger partial charge on any atom is 0.123 e. The van der Waals surface area contributed by atoms with Gasteiger partial charge in [-0.15, -0.1) is 0 Å². The summed E-state index contributed by atoms with van der Waals surface area (Å²) >= 11 is 6.08. The number of hydrogen-bond acceptors (Lipinski definition) is 3. The lowest BCUT2D eigenvalue weighted by Gasteiger charge is -2.33. The minimum absolute atomic E-state index is 0.740. The van der Waals surface area contributed by atoms with E-state index < -0.39 is 0 Å². The molecule has 1 aromatic carbocycles. The van der Waals surface area contributed by atoms with Gasteiger partial charge in [0.2, 0.25) is 0 Å². The van der Waals surface area contributed by atoms with Gasteiger partial charge in [0.05, 0.1) is 7.11 Å². The minimum Gasteiger partial charge on any atom is -0.496 e. The van der Waals surface area contributed by atoms with Crippen molar-refractivity contribution in [2.24, 2.45) is 11.7 Å². The molecule has 0 spiro atoms. The highest BCUT2D eigenvalue weighted by atomic mass is 35.5. The molecule has 1 aliphatic heterocycles. The molecule has 1 aromatic rings. The monoisotopic (exact) mass is 282 g/mol. The average molecular weight is 283 g/mol. The predicted molar refractivity (Wildman–Crippen MR) is 79.7 cm³/mol. The SMILES string of the molecule is COc1ccc(Cl)cc1CN1CCCC(CCN)C1. The van der Waals surface area contributed by atoms with Gasteiger partial charge in [0.15, 0.2) is 0 Å². The Morgan fingerprint density at radius 3 is 3.05 bits per heavy atom. The Balaban J connectivity index is 2.01. The Morgan fingerprint density at radius 2 is 2.32 bits per heavy atom. The van der Waals surface area contributed by atoms with Crippen molar-refractivity contribution >= 4 is 11.6 Å². The molecule has 2 N–H and O–H groups in total. The largest absolute Gasteiger partial charge is 0.496 e. The Labute approximate surface area is 120 Å². The molecular weight excluding hydrogens is 260 g/mol. The summed E-state index contributed by atoms with van der Waals surface area (Å²) in [7, 11) is 1.71. The second-order valence-electron chi connectivity index (χ2n) is 5.28. The van der Waals surface area contributed by atoms with Crippen LogP contribution in [0, 0.1) is 5.92 Å². The van der Waals surface area contributed by atoms with Gasteiger partial charge >= 0.3 is 0 Å². The van der Waals surface area contributed by atoms with E-state index in [1.165, 1.54) is 18.4 Å². The van der Waals surface area contributed by atoms with E-state index in [9.17, 15) is 0 Å². The lowest BCUT2D eigenvalue weighted by atomic mass is 9.94. The second kappa shape index (κ2) is 7.13. The highest BCUT2D eigenvalue weighted by Gasteiger charge is 2.20. The molecule has 1 aliphatic rings. The van der Waals surface area contributed by atoms with Gasteiger partial charge in [-0.1, -0.05) is 11.6 Å². The lowest BCUT2D eigenvalue weighted by molar-refractivity contribution is 0.161. The zero-order chi connectivity index (χ0) is 13.7. The number of hydrogen-bond donors (Lipinski definition) is 1. The number of ether oxygens (including phenoxy) is 1. The summed E-state index contributed by atoms with van der Waals surface area (Å²) in [6.07, 6.45) is 3.69. The number of halogens is 1. The Morgan fingerprint density at radius 1 is 1.47 bits per heavy atom. The zero-order valence-electron chi connectivity index (χ0n) is 11.6. The molecule has 1 unspecified atom stereocenters. The van der Waals surface area contributed by atoms with Crippen LogP contribution in [0.4, 0.5) is 0 Å². The smallest absolute Gasteiger partial charge is 0.123 e. The molecule has 2 rings (SSSR count). The number of benzene rings is 1. The predicted octanol–water partition coefficient (Wildman–Crippen LogP) is 2.91. The quantitative estimate of drug-likeness (QED) is 0.902. The molecule has 0 radical (unpaired) electrons. The third-order valence-corrected chi connectivity index (χ3v) is 4.05. The molecule has 19 heavy (non-hydrogen) atoms. The third kappa shape index (κ3) is 4.10. The van der Waals surface area contributed by atoms with E-state index in [1.807, 2.05) is 18.2 Å². The van der Waals surface area contributed by atoms with Gasteiger partial charge < -0.3 is 10.5 Å². The Bertz CT molecular complexity index is 409. The Hall–Kier alpha value is -0.770. The molecule has 0 amide bonds. The lowest BCUT2D eigenvalue weighted by Crippen LogP contribution is -2.35. The summed E-state index contributed by atoms with van der Waals surface area (Å²) < 4.78 is 5.41. The van der Waals surface area contributed by atoms with Gasteiger partial charge in [-0.2, -0.15) is 0 Å². The summed E-state index contributed by atoms with van der Waals surface area (Å²) in [6.45, 7) is 3.98. The van der Waals surface area contributed by atoms with Crippen LogP contribution >= 0.6 is 11.6 Å². The number of rotatable bonds is 5. The molecule has 0 saturated carbocycles. The number of methoxy groups -OCH3 is 1. The molecule has 1 heterocycles. The maximum atomic E-state index is 6.08. The first-order valence-electron chi connectivity index (χ1n) is 6.97. The van der Waals surface area contributed by atoms with Crippen LogP contribution in [0.25, 0.3) is 0 Å². The van der Waals surface area contributed by atoms with E-state index >= 15 is 0 Å². The van der Waals surface area contributed by atoms with Crippen LogP contribution in [0.1, 0.15) is 24.8 Å². The highest BCUT2D eigenvalue weighted by molar-refractivity contribution is 6.30. The average Bonchev–Trinajstić information content (AvgIpc) is 2.40. The first-order chi connectivity index (χ1) is 9.22. The van der Waals surface area contributed by atoms with Crippen LogP contribution in [0.5, 0.6) is 5.75 Å². The van der Waals surface area contributed by atoms with E-state index in [0.29, 0.717) is 0 Å². The maximum absolute atomic E-state index is 6.08. The second-order valence-corrected chi connectivity index (χ2v) is 5.71. The van der Waals surface area contributed by atoms with Gasteiger partial charge in [0.1, 0.15) is 5.75 Å². The van der Waals surface area contributed by atoms with E-state index in [0.717, 1.165) is 49.3 Å². The number of likely N-dealkylation sites (tertiary alicyclic amines) is 1. The molecule has 1 atom stereocenters. The highest BCUT2D eigenvalue weighted by Crippen LogP contribution is 2.26. The van der Waals surface area contributed by atoms with Crippen molar-refractivity contribution in [2.45, 2.75) is 25.8 Å². The van der Waals surface area contributed by atoms with Crippen LogP contribution in [0.2, 0.25) is 5.02 Å². The van der Waals surface area contributed by atoms with Crippen molar-refractivity contribution in [1.29, 1.82) is 0 Å². The molecule has 0 aliphatic carbocycles. The number of nitrogens with zero attached hydrogens (tertiary/aromatic N) is 1. The Kier molecular flexibility index (Phi) is 5.49. The number of piperidine rings is 1. The summed E-state index contributed by atoms with van der Waals surface area (Å²) in [5.41, 5.74) is 6.84. The topological polar surface area (TPSA) is 38.5 Å². The van der Waals surface area contributed by atoms with Crippen molar-refractivity contribution < 1.29 is 4.74 Å². The van der Waals surface area contributed by atoms with E-state index in [4.69, 9.17) is 22.1 Å². The van der Waals surface area contributed by atoms with E-state index in [2.05, 4.69) is 4.90 Å². The standard InChI is InChI=1S/C15H23ClN2O/c1-19-15-5-4-14(16)9-13(15)11-18-8-2-3-12(10-18)6-7-17/h4-5,9,12H,2-3,6-8,10-11,17H2,1H3. The molecule has 0 bridgehead atoms. The van der Waals surface area contributed by atoms with Gasteiger partial charge in [0, 0.05) is 23.7 Å². The molecular formula is C15H23ClN2O. The molecule has 3 nitrogen and oxygen atoms in total. The summed E-state index contributed by atoms with van der Waals surface area (Å²) in [4.78, 5) is 2.48. The van der Waals surface area contributed by atoms with Crippen molar-refractivity contribution in [3.8, 4) is 5.75 Å². The van der Waals surface area contributed by atoms with Crippen molar-refractivity contribution in [3.05, 3.63) is 28.8 Å². The van der Waals surface area contributed by atoms with Crippen molar-refractivity contribution in [2.75, 3.05) is 26.7 Å². The normalized spacial score (nSPS) is 20.5. The fourth-order valence-corrected chi connectivity index (χ4v) is 3.07. The molecule has 0 aromatic heterocycles. The van der Waals surface area contributed by atoms with Crippen LogP contribution in [-0.2, 0) is 6.54 Å². The summed E-state index contributed by atoms with van der Waals surface area (Å²) in [6, 6.07) is 5.82. The van der Waals surface area contributed by atoms with Crippen LogP contribution in [-0.4, -0.2) is 31.6 Å². The summed E-state index contributed by atoms with van der Waals surface area (Å²) in [5.74, 6) is 1.66. The zero-order valence-corrected chi connectivity index (χ0v) is 12.3. The molecule has 1 saturated heterocycles. The van der Waals surface area contributed by atoms with E-state index in [-0.39, 0.29) is 0 Å². The fourth-order valence-electron chi connectivity index (χ4n) is 2.88. The number of nitrogens with two attached hydrogens (primary N) is 1. The van der Waals surface area contributed by atoms with Crippen LogP contribution in [0.3, 0.4) is 0 Å². The van der Waals surface area contributed by atoms with Crippen LogP contribution in [0.15, 0.2) is 18.2 Å². The van der Waals surface area contributed by atoms with Gasteiger partial charge in [-0.3, -0.25) is 4.90 Å². The van der Waals surface area contributed by atoms with Gasteiger partial charge in [0.25, 0.3) is 0 Å². The molecule has 1 fully saturated rings. The first kappa shape index (κ1) is 14.6. The molecule has 4 heteroatoms. The first-order valence-corrected chi connectivity index (χ1v) is 7.35. The summed E-state index contributed by atoms with van der Waals surface area (Å²) in [5, 5.41) is 0.770. The molecule has 106 valence electrons. The van der Waals surface area contributed by atoms with Gasteiger partial charge in [-0.25, -0.2) is 0 Å². The van der Waals surface area contributed by atoms with Crippen molar-refractivity contribution in [3.63, 3.8) is 0 Å². The minimum atomic E-state index is 0.740. The van der Waals surface area contributed by atoms with E-state index in [1.54, 1.807) is 7.11 Å². The third-order valence-electron chi connectivity index (χ3n) is 3.81. The van der Waals surface area contributed by atoms with Crippen molar-refractivity contribution in [1.82, 2.24) is 4.90 Å².